The van der Waals surface area contributed by atoms with E-state index in [-0.39, 0.29) is 11.7 Å². The Bertz CT molecular complexity index is 922. The van der Waals surface area contributed by atoms with Crippen molar-refractivity contribution >= 4 is 38.5 Å². The Kier molecular flexibility index (Phi) is 3.70. The number of hydrogen-bond acceptors (Lipinski definition) is 3. The first-order chi connectivity index (χ1) is 10.6. The molecule has 108 valence electrons. The first kappa shape index (κ1) is 14.4. The summed E-state index contributed by atoms with van der Waals surface area (Å²) in [5.41, 5.74) is 2.50. The van der Waals surface area contributed by atoms with Crippen LogP contribution in [0.15, 0.2) is 51.4 Å². The van der Waals surface area contributed by atoms with Crippen LogP contribution in [0.4, 0.5) is 5.69 Å². The molecule has 1 amide bonds. The van der Waals surface area contributed by atoms with Crippen LogP contribution in [0.2, 0.25) is 0 Å². The molecule has 2 aromatic carbocycles. The lowest BCUT2D eigenvalue weighted by atomic mass is 10.1. The molecule has 3 rings (SSSR count). The van der Waals surface area contributed by atoms with Crippen molar-refractivity contribution in [2.45, 2.75) is 6.92 Å². The van der Waals surface area contributed by atoms with Crippen molar-refractivity contribution in [2.24, 2.45) is 0 Å². The average molecular weight is 355 g/mol. The molecule has 0 bridgehead atoms. The first-order valence-corrected chi connectivity index (χ1v) is 7.38. The molecule has 0 aliphatic heterocycles. The van der Waals surface area contributed by atoms with E-state index in [4.69, 9.17) is 9.68 Å². The first-order valence-electron chi connectivity index (χ1n) is 6.58. The molecule has 3 aromatic rings. The molecule has 0 fully saturated rings. The highest BCUT2D eigenvalue weighted by atomic mass is 79.9. The number of carbonyl (C=O) groups is 1. The van der Waals surface area contributed by atoms with Crippen LogP contribution in [0.25, 0.3) is 11.0 Å². The van der Waals surface area contributed by atoms with Gasteiger partial charge in [-0.2, -0.15) is 5.26 Å². The second kappa shape index (κ2) is 5.66. The quantitative estimate of drug-likeness (QED) is 0.729. The number of aryl methyl sites for hydroxylation is 1. The summed E-state index contributed by atoms with van der Waals surface area (Å²) >= 11 is 3.41. The van der Waals surface area contributed by atoms with Gasteiger partial charge in [-0.05, 0) is 43.3 Å². The minimum atomic E-state index is -0.333. The Morgan fingerprint density at radius 3 is 2.86 bits per heavy atom. The number of nitriles is 1. The molecule has 1 N–H and O–H groups in total. The molecule has 0 spiro atoms. The number of nitrogens with one attached hydrogen (secondary N) is 1. The molecule has 0 radical (unpaired) electrons. The van der Waals surface area contributed by atoms with Gasteiger partial charge in [0.2, 0.25) is 0 Å². The Morgan fingerprint density at radius 1 is 1.27 bits per heavy atom. The van der Waals surface area contributed by atoms with Gasteiger partial charge in [0.1, 0.15) is 5.58 Å². The van der Waals surface area contributed by atoms with Crippen LogP contribution in [0.3, 0.4) is 0 Å². The Balaban J connectivity index is 1.95. The van der Waals surface area contributed by atoms with E-state index in [0.717, 1.165) is 15.4 Å². The maximum atomic E-state index is 12.4. The number of carbonyl (C=O) groups excluding carboxylic acids is 1. The number of benzene rings is 2. The van der Waals surface area contributed by atoms with Crippen LogP contribution in [0.1, 0.15) is 21.7 Å². The van der Waals surface area contributed by atoms with Gasteiger partial charge in [-0.25, -0.2) is 0 Å². The molecule has 0 aliphatic rings. The van der Waals surface area contributed by atoms with Crippen molar-refractivity contribution in [3.63, 3.8) is 0 Å². The second-order valence-electron chi connectivity index (χ2n) is 4.84. The zero-order chi connectivity index (χ0) is 15.7. The highest BCUT2D eigenvalue weighted by Crippen LogP contribution is 2.28. The molecule has 0 unspecified atom stereocenters. The van der Waals surface area contributed by atoms with Crippen LogP contribution < -0.4 is 5.32 Å². The van der Waals surface area contributed by atoms with Crippen molar-refractivity contribution in [1.82, 2.24) is 0 Å². The number of anilines is 1. The highest BCUT2D eigenvalue weighted by molar-refractivity contribution is 9.10. The third kappa shape index (κ3) is 2.61. The lowest BCUT2D eigenvalue weighted by Gasteiger charge is -2.03. The largest absolute Gasteiger partial charge is 0.451 e. The summed E-state index contributed by atoms with van der Waals surface area (Å²) in [5, 5.41) is 12.5. The number of fused-ring (bicyclic) bond motifs is 1. The van der Waals surface area contributed by atoms with Gasteiger partial charge in [-0.1, -0.05) is 22.0 Å². The zero-order valence-corrected chi connectivity index (χ0v) is 13.3. The van der Waals surface area contributed by atoms with Gasteiger partial charge in [0.25, 0.3) is 5.91 Å². The van der Waals surface area contributed by atoms with Gasteiger partial charge in [-0.15, -0.1) is 0 Å². The molecule has 0 aliphatic carbocycles. The summed E-state index contributed by atoms with van der Waals surface area (Å²) in [6, 6.07) is 14.4. The molecule has 0 saturated heterocycles. The fraction of sp³-hybridized carbons (Fsp3) is 0.0588. The van der Waals surface area contributed by atoms with Crippen LogP contribution >= 0.6 is 15.9 Å². The zero-order valence-electron chi connectivity index (χ0n) is 11.7. The molecule has 0 saturated carbocycles. The van der Waals surface area contributed by atoms with Gasteiger partial charge < -0.3 is 9.73 Å². The van der Waals surface area contributed by atoms with E-state index in [1.807, 2.05) is 31.2 Å². The number of halogens is 1. The van der Waals surface area contributed by atoms with Crippen molar-refractivity contribution in [3.8, 4) is 6.07 Å². The van der Waals surface area contributed by atoms with E-state index in [9.17, 15) is 4.79 Å². The summed E-state index contributed by atoms with van der Waals surface area (Å²) in [4.78, 5) is 12.4. The number of amides is 1. The standard InChI is InChI=1S/C17H11BrN2O2/c1-10-14-8-12(18)5-6-15(14)22-16(10)17(21)20-13-4-2-3-11(7-13)9-19/h2-8H,1H3,(H,20,21). The number of nitrogens with zero attached hydrogens (tertiary/aromatic N) is 1. The van der Waals surface area contributed by atoms with Crippen molar-refractivity contribution in [3.05, 3.63) is 63.8 Å². The Hall–Kier alpha value is -2.58. The van der Waals surface area contributed by atoms with E-state index in [0.29, 0.717) is 16.8 Å². The lowest BCUT2D eigenvalue weighted by Crippen LogP contribution is -2.12. The van der Waals surface area contributed by atoms with E-state index in [2.05, 4.69) is 21.2 Å². The molecule has 5 heteroatoms. The normalized spacial score (nSPS) is 10.4. The number of rotatable bonds is 2. The summed E-state index contributed by atoms with van der Waals surface area (Å²) < 4.78 is 6.57. The maximum Gasteiger partial charge on any atom is 0.291 e. The third-order valence-electron chi connectivity index (χ3n) is 3.35. The van der Waals surface area contributed by atoms with Gasteiger partial charge in [0, 0.05) is 21.1 Å². The highest BCUT2D eigenvalue weighted by Gasteiger charge is 2.18. The average Bonchev–Trinajstić information content (AvgIpc) is 2.84. The van der Waals surface area contributed by atoms with Crippen LogP contribution in [-0.4, -0.2) is 5.91 Å². The summed E-state index contributed by atoms with van der Waals surface area (Å²) in [6.07, 6.45) is 0. The van der Waals surface area contributed by atoms with Gasteiger partial charge in [0.15, 0.2) is 5.76 Å². The second-order valence-corrected chi connectivity index (χ2v) is 5.76. The molecular formula is C17H11BrN2O2. The van der Waals surface area contributed by atoms with Crippen LogP contribution in [0.5, 0.6) is 0 Å². The van der Waals surface area contributed by atoms with Crippen LogP contribution in [-0.2, 0) is 0 Å². The molecular weight excluding hydrogens is 344 g/mol. The number of furan rings is 1. The molecule has 22 heavy (non-hydrogen) atoms. The number of hydrogen-bond donors (Lipinski definition) is 1. The fourth-order valence-corrected chi connectivity index (χ4v) is 2.63. The molecule has 1 aromatic heterocycles. The minimum Gasteiger partial charge on any atom is -0.451 e. The molecule has 1 heterocycles. The SMILES string of the molecule is Cc1c(C(=O)Nc2cccc(C#N)c2)oc2ccc(Br)cc12. The van der Waals surface area contributed by atoms with Crippen molar-refractivity contribution < 1.29 is 9.21 Å². The Morgan fingerprint density at radius 2 is 2.09 bits per heavy atom. The monoisotopic (exact) mass is 354 g/mol. The topological polar surface area (TPSA) is 66.0 Å². The fourth-order valence-electron chi connectivity index (χ4n) is 2.26. The smallest absolute Gasteiger partial charge is 0.291 e. The summed E-state index contributed by atoms with van der Waals surface area (Å²) in [5.74, 6) is -0.0598. The summed E-state index contributed by atoms with van der Waals surface area (Å²) in [7, 11) is 0. The van der Waals surface area contributed by atoms with Gasteiger partial charge >= 0.3 is 0 Å². The minimum absolute atomic E-state index is 0.274. The van der Waals surface area contributed by atoms with Crippen molar-refractivity contribution in [2.75, 3.05) is 5.32 Å². The third-order valence-corrected chi connectivity index (χ3v) is 3.85. The van der Waals surface area contributed by atoms with E-state index >= 15 is 0 Å². The predicted molar refractivity (Wildman–Crippen MR) is 87.8 cm³/mol. The van der Waals surface area contributed by atoms with E-state index < -0.39 is 0 Å². The van der Waals surface area contributed by atoms with E-state index in [1.54, 1.807) is 24.3 Å². The van der Waals surface area contributed by atoms with E-state index in [1.165, 1.54) is 0 Å². The lowest BCUT2D eigenvalue weighted by molar-refractivity contribution is 0.0998. The van der Waals surface area contributed by atoms with Crippen LogP contribution in [0, 0.1) is 18.3 Å². The predicted octanol–water partition coefficient (Wildman–Crippen LogP) is 4.63. The van der Waals surface area contributed by atoms with Gasteiger partial charge in [0.05, 0.1) is 11.6 Å². The Labute approximate surface area is 135 Å². The van der Waals surface area contributed by atoms with Gasteiger partial charge in [-0.3, -0.25) is 4.79 Å². The summed E-state index contributed by atoms with van der Waals surface area (Å²) in [6.45, 7) is 1.85. The maximum absolute atomic E-state index is 12.4. The molecule has 0 atom stereocenters. The van der Waals surface area contributed by atoms with Crippen molar-refractivity contribution in [1.29, 1.82) is 5.26 Å². The molecule has 4 nitrogen and oxygen atoms in total.